The summed E-state index contributed by atoms with van der Waals surface area (Å²) >= 11 is 4.71. The zero-order valence-electron chi connectivity index (χ0n) is 12.0. The molecule has 1 aromatic heterocycles. The number of para-hydroxylation sites is 1. The highest BCUT2D eigenvalue weighted by Gasteiger charge is 2.19. The molecule has 1 aliphatic rings. The Hall–Kier alpha value is -2.03. The van der Waals surface area contributed by atoms with Crippen LogP contribution in [0.15, 0.2) is 34.5 Å². The van der Waals surface area contributed by atoms with Crippen LogP contribution >= 0.6 is 12.2 Å². The van der Waals surface area contributed by atoms with E-state index >= 15 is 0 Å². The van der Waals surface area contributed by atoms with Crippen LogP contribution in [0.5, 0.6) is 5.88 Å². The summed E-state index contributed by atoms with van der Waals surface area (Å²) in [5, 5.41) is 19.0. The molecule has 2 aromatic rings. The van der Waals surface area contributed by atoms with E-state index in [2.05, 4.69) is 15.1 Å². The predicted molar refractivity (Wildman–Crippen MR) is 87.3 cm³/mol. The first-order chi connectivity index (χ1) is 10.7. The number of morpholine rings is 1. The predicted octanol–water partition coefficient (Wildman–Crippen LogP) is 1.96. The van der Waals surface area contributed by atoms with Crippen molar-refractivity contribution in [1.29, 1.82) is 0 Å². The van der Waals surface area contributed by atoms with Crippen LogP contribution in [-0.2, 0) is 11.4 Å². The topological polar surface area (TPSA) is 88.4 Å². The van der Waals surface area contributed by atoms with Crippen LogP contribution in [0.2, 0.25) is 0 Å². The van der Waals surface area contributed by atoms with Gasteiger partial charge in [0.25, 0.3) is 0 Å². The van der Waals surface area contributed by atoms with Gasteiger partial charge >= 0.3 is 0 Å². The van der Waals surface area contributed by atoms with E-state index in [9.17, 15) is 5.11 Å². The fraction of sp³-hybridized carbons (Fsp3) is 0.357. The zero-order valence-corrected chi connectivity index (χ0v) is 12.8. The van der Waals surface area contributed by atoms with E-state index in [1.165, 1.54) is 0 Å². The molecule has 0 bridgehead atoms. The lowest BCUT2D eigenvalue weighted by molar-refractivity contribution is 0.0231. The number of hydrogen-bond acceptors (Lipinski definition) is 5. The van der Waals surface area contributed by atoms with Crippen LogP contribution in [0, 0.1) is 0 Å². The number of thiocarbonyl (C=S) groups is 1. The average Bonchev–Trinajstić information content (AvgIpc) is 2.79. The number of aromatic nitrogens is 1. The highest BCUT2D eigenvalue weighted by atomic mass is 32.1. The van der Waals surface area contributed by atoms with Crippen LogP contribution in [-0.4, -0.2) is 46.0 Å². The van der Waals surface area contributed by atoms with Gasteiger partial charge in [-0.1, -0.05) is 18.2 Å². The normalized spacial score (nSPS) is 16.5. The van der Waals surface area contributed by atoms with Gasteiger partial charge in [-0.15, -0.1) is 10.2 Å². The van der Waals surface area contributed by atoms with Gasteiger partial charge in [0.05, 0.1) is 25.4 Å². The average molecular weight is 319 g/mol. The number of aromatic hydroxyl groups is 1. The lowest BCUT2D eigenvalue weighted by Gasteiger charge is -2.27. The molecule has 1 aromatic carbocycles. The van der Waals surface area contributed by atoms with Crippen LogP contribution in [0.3, 0.4) is 0 Å². The Morgan fingerprint density at radius 3 is 2.77 bits per heavy atom. The van der Waals surface area contributed by atoms with E-state index in [1.54, 1.807) is 0 Å². The number of ether oxygens (including phenoxy) is 1. The van der Waals surface area contributed by atoms with Crippen LogP contribution < -0.4 is 5.73 Å². The molecule has 1 aliphatic heterocycles. The summed E-state index contributed by atoms with van der Waals surface area (Å²) in [4.78, 5) is 2.21. The van der Waals surface area contributed by atoms with E-state index in [0.717, 1.165) is 24.0 Å². The molecule has 1 saturated heterocycles. The summed E-state index contributed by atoms with van der Waals surface area (Å²) < 4.78 is 7.16. The second-order valence-corrected chi connectivity index (χ2v) is 5.45. The van der Waals surface area contributed by atoms with E-state index in [-0.39, 0.29) is 11.0 Å². The van der Waals surface area contributed by atoms with Crippen molar-refractivity contribution >= 4 is 33.9 Å². The van der Waals surface area contributed by atoms with Crippen molar-refractivity contribution in [2.75, 3.05) is 26.3 Å². The third-order valence-electron chi connectivity index (χ3n) is 3.61. The van der Waals surface area contributed by atoms with Crippen molar-refractivity contribution in [2.45, 2.75) is 6.67 Å². The van der Waals surface area contributed by atoms with Gasteiger partial charge in [0.1, 0.15) is 0 Å². The standard InChI is InChI=1S/C14H17N5O2S/c15-14(22)17-16-12-10-3-1-2-4-11(10)19(13(12)20)9-18-5-7-21-8-6-18/h1-4,20H,5-9H2,(H2,15,22). The minimum atomic E-state index is -0.0654. The molecule has 3 rings (SSSR count). The number of fused-ring (bicyclic) bond motifs is 1. The highest BCUT2D eigenvalue weighted by Crippen LogP contribution is 2.38. The van der Waals surface area contributed by atoms with Gasteiger partial charge in [0.15, 0.2) is 5.69 Å². The summed E-state index contributed by atoms with van der Waals surface area (Å²) in [6.07, 6.45) is 0. The fourth-order valence-corrected chi connectivity index (χ4v) is 2.60. The first-order valence-electron chi connectivity index (χ1n) is 6.98. The molecule has 1 fully saturated rings. The maximum atomic E-state index is 10.5. The first-order valence-corrected chi connectivity index (χ1v) is 7.39. The Bertz CT molecular complexity index is 721. The summed E-state index contributed by atoms with van der Waals surface area (Å²) in [6, 6.07) is 7.64. The van der Waals surface area contributed by atoms with Crippen molar-refractivity contribution in [1.82, 2.24) is 9.47 Å². The number of nitrogens with two attached hydrogens (primary N) is 1. The minimum absolute atomic E-state index is 0.0627. The van der Waals surface area contributed by atoms with Crippen molar-refractivity contribution in [2.24, 2.45) is 16.0 Å². The van der Waals surface area contributed by atoms with Gasteiger partial charge in [0, 0.05) is 18.5 Å². The third kappa shape index (κ3) is 2.94. The highest BCUT2D eigenvalue weighted by molar-refractivity contribution is 7.80. The number of hydrogen-bond donors (Lipinski definition) is 2. The van der Waals surface area contributed by atoms with Gasteiger partial charge in [-0.3, -0.25) is 9.47 Å². The largest absolute Gasteiger partial charge is 0.493 e. The SMILES string of the molecule is NC(=S)N=Nc1c(O)n(CN2CCOCC2)c2ccccc12. The molecule has 0 atom stereocenters. The Morgan fingerprint density at radius 2 is 2.05 bits per heavy atom. The second kappa shape index (κ2) is 6.39. The van der Waals surface area contributed by atoms with E-state index < -0.39 is 0 Å². The molecule has 0 unspecified atom stereocenters. The molecule has 0 spiro atoms. The maximum Gasteiger partial charge on any atom is 0.221 e. The van der Waals surface area contributed by atoms with Gasteiger partial charge in [0.2, 0.25) is 11.0 Å². The molecule has 0 radical (unpaired) electrons. The number of benzene rings is 1. The molecule has 116 valence electrons. The molecular formula is C14H17N5O2S. The Morgan fingerprint density at radius 1 is 1.32 bits per heavy atom. The maximum absolute atomic E-state index is 10.5. The Labute approximate surface area is 133 Å². The smallest absolute Gasteiger partial charge is 0.221 e. The van der Waals surface area contributed by atoms with Crippen LogP contribution in [0.25, 0.3) is 10.9 Å². The van der Waals surface area contributed by atoms with Gasteiger partial charge in [-0.25, -0.2) is 0 Å². The summed E-state index contributed by atoms with van der Waals surface area (Å²) in [5.74, 6) is 0.0627. The quantitative estimate of drug-likeness (QED) is 0.667. The summed E-state index contributed by atoms with van der Waals surface area (Å²) in [6.45, 7) is 3.63. The van der Waals surface area contributed by atoms with Gasteiger partial charge in [-0.2, -0.15) is 0 Å². The molecule has 22 heavy (non-hydrogen) atoms. The summed E-state index contributed by atoms with van der Waals surface area (Å²) in [7, 11) is 0. The molecule has 8 heteroatoms. The van der Waals surface area contributed by atoms with E-state index in [1.807, 2.05) is 28.8 Å². The lowest BCUT2D eigenvalue weighted by atomic mass is 10.2. The number of rotatable bonds is 3. The van der Waals surface area contributed by atoms with Gasteiger partial charge < -0.3 is 15.6 Å². The monoisotopic (exact) mass is 319 g/mol. The zero-order chi connectivity index (χ0) is 15.5. The van der Waals surface area contributed by atoms with E-state index in [0.29, 0.717) is 25.6 Å². The van der Waals surface area contributed by atoms with E-state index in [4.69, 9.17) is 22.7 Å². The van der Waals surface area contributed by atoms with Crippen LogP contribution in [0.1, 0.15) is 0 Å². The van der Waals surface area contributed by atoms with Gasteiger partial charge in [-0.05, 0) is 18.3 Å². The molecule has 0 saturated carbocycles. The second-order valence-electron chi connectivity index (χ2n) is 5.03. The number of nitrogens with zero attached hydrogens (tertiary/aromatic N) is 4. The molecule has 2 heterocycles. The molecule has 3 N–H and O–H groups in total. The Balaban J connectivity index is 2.01. The first kappa shape index (κ1) is 14.9. The molecule has 0 aliphatic carbocycles. The van der Waals surface area contributed by atoms with Crippen molar-refractivity contribution < 1.29 is 9.84 Å². The fourth-order valence-electron chi connectivity index (χ4n) is 2.56. The lowest BCUT2D eigenvalue weighted by Crippen LogP contribution is -2.37. The molecule has 7 nitrogen and oxygen atoms in total. The third-order valence-corrected chi connectivity index (χ3v) is 3.69. The van der Waals surface area contributed by atoms with Crippen LogP contribution in [0.4, 0.5) is 5.69 Å². The molecular weight excluding hydrogens is 302 g/mol. The Kier molecular flexibility index (Phi) is 4.32. The van der Waals surface area contributed by atoms with Crippen molar-refractivity contribution in [3.63, 3.8) is 0 Å². The summed E-state index contributed by atoms with van der Waals surface area (Å²) in [5.41, 5.74) is 6.63. The van der Waals surface area contributed by atoms with Crippen molar-refractivity contribution in [3.8, 4) is 5.88 Å². The number of azo groups is 1. The van der Waals surface area contributed by atoms with Crippen molar-refractivity contribution in [3.05, 3.63) is 24.3 Å². The minimum Gasteiger partial charge on any atom is -0.493 e. The molecule has 0 amide bonds.